The zero-order valence-corrected chi connectivity index (χ0v) is 14.5. The maximum absolute atomic E-state index is 12.7. The molecular formula is C18H27ClN2O2. The Morgan fingerprint density at radius 2 is 2.00 bits per heavy atom. The number of carbonyl (C=O) groups is 1. The van der Waals surface area contributed by atoms with E-state index in [9.17, 15) is 4.79 Å². The Balaban J connectivity index is 0.00000192. The monoisotopic (exact) mass is 338 g/mol. The molecule has 0 spiro atoms. The third kappa shape index (κ3) is 4.69. The SMILES string of the molecule is Cc1ccc(C2OCCCC2C(=O)N[C@H]2CCCNC2)cc1.Cl. The van der Waals surface area contributed by atoms with Gasteiger partial charge in [-0.25, -0.2) is 0 Å². The van der Waals surface area contributed by atoms with Crippen LogP contribution in [0.1, 0.15) is 42.9 Å². The number of carbonyl (C=O) groups excluding carboxylic acids is 1. The van der Waals surface area contributed by atoms with Gasteiger partial charge in [0.05, 0.1) is 12.0 Å². The predicted molar refractivity (Wildman–Crippen MR) is 93.9 cm³/mol. The van der Waals surface area contributed by atoms with Gasteiger partial charge >= 0.3 is 0 Å². The summed E-state index contributed by atoms with van der Waals surface area (Å²) in [4.78, 5) is 12.7. The normalized spacial score (nSPS) is 27.8. The summed E-state index contributed by atoms with van der Waals surface area (Å²) in [5.74, 6) is 0.0809. The fourth-order valence-corrected chi connectivity index (χ4v) is 3.42. The molecule has 2 aliphatic rings. The average Bonchev–Trinajstić information content (AvgIpc) is 2.56. The molecule has 5 heteroatoms. The summed E-state index contributed by atoms with van der Waals surface area (Å²) in [7, 11) is 0. The van der Waals surface area contributed by atoms with Gasteiger partial charge in [-0.15, -0.1) is 12.4 Å². The lowest BCUT2D eigenvalue weighted by Crippen LogP contribution is -2.49. The molecule has 3 atom stereocenters. The first-order valence-corrected chi connectivity index (χ1v) is 8.43. The molecular weight excluding hydrogens is 312 g/mol. The van der Waals surface area contributed by atoms with Gasteiger partial charge in [-0.05, 0) is 44.7 Å². The number of rotatable bonds is 3. The standard InChI is InChI=1S/C18H26N2O2.ClH/c1-13-6-8-14(9-7-13)17-16(5-3-11-22-17)18(21)20-15-4-2-10-19-12-15;/h6-9,15-17,19H,2-5,10-12H2,1H3,(H,20,21);1H/t15-,16?,17?;/m0./s1. The van der Waals surface area contributed by atoms with Crippen molar-refractivity contribution in [2.24, 2.45) is 5.92 Å². The summed E-state index contributed by atoms with van der Waals surface area (Å²) in [6.07, 6.45) is 3.97. The molecule has 2 aliphatic heterocycles. The highest BCUT2D eigenvalue weighted by Crippen LogP contribution is 2.34. The van der Waals surface area contributed by atoms with Gasteiger partial charge in [0.15, 0.2) is 0 Å². The van der Waals surface area contributed by atoms with Crippen LogP contribution >= 0.6 is 12.4 Å². The number of hydrogen-bond acceptors (Lipinski definition) is 3. The van der Waals surface area contributed by atoms with E-state index in [1.165, 1.54) is 5.56 Å². The zero-order chi connectivity index (χ0) is 15.4. The molecule has 1 amide bonds. The molecule has 3 rings (SSSR count). The van der Waals surface area contributed by atoms with Gasteiger partial charge in [-0.3, -0.25) is 4.79 Å². The lowest BCUT2D eigenvalue weighted by molar-refractivity contribution is -0.135. The molecule has 0 saturated carbocycles. The fourth-order valence-electron chi connectivity index (χ4n) is 3.42. The first kappa shape index (κ1) is 18.2. The lowest BCUT2D eigenvalue weighted by atomic mass is 9.88. The molecule has 4 nitrogen and oxygen atoms in total. The molecule has 2 heterocycles. The van der Waals surface area contributed by atoms with Crippen molar-refractivity contribution in [3.05, 3.63) is 35.4 Å². The highest BCUT2D eigenvalue weighted by atomic mass is 35.5. The van der Waals surface area contributed by atoms with Crippen LogP contribution in [-0.4, -0.2) is 31.6 Å². The fraction of sp³-hybridized carbons (Fsp3) is 0.611. The third-order valence-corrected chi connectivity index (χ3v) is 4.71. The van der Waals surface area contributed by atoms with E-state index in [0.29, 0.717) is 0 Å². The maximum Gasteiger partial charge on any atom is 0.226 e. The van der Waals surface area contributed by atoms with Crippen LogP contribution in [0.25, 0.3) is 0 Å². The van der Waals surface area contributed by atoms with Crippen LogP contribution in [0.2, 0.25) is 0 Å². The van der Waals surface area contributed by atoms with Crippen molar-refractivity contribution in [3.8, 4) is 0 Å². The van der Waals surface area contributed by atoms with Crippen LogP contribution in [-0.2, 0) is 9.53 Å². The number of nitrogens with one attached hydrogen (secondary N) is 2. The second-order valence-electron chi connectivity index (χ2n) is 6.50. The maximum atomic E-state index is 12.7. The summed E-state index contributed by atoms with van der Waals surface area (Å²) < 4.78 is 5.95. The molecule has 2 N–H and O–H groups in total. The van der Waals surface area contributed by atoms with Gasteiger partial charge in [-0.2, -0.15) is 0 Å². The predicted octanol–water partition coefficient (Wildman–Crippen LogP) is 2.75. The van der Waals surface area contributed by atoms with Crippen LogP contribution in [0.3, 0.4) is 0 Å². The van der Waals surface area contributed by atoms with Gasteiger partial charge in [0.1, 0.15) is 0 Å². The van der Waals surface area contributed by atoms with Crippen molar-refractivity contribution < 1.29 is 9.53 Å². The first-order chi connectivity index (χ1) is 10.7. The van der Waals surface area contributed by atoms with E-state index in [0.717, 1.165) is 50.9 Å². The number of benzene rings is 1. The van der Waals surface area contributed by atoms with E-state index >= 15 is 0 Å². The summed E-state index contributed by atoms with van der Waals surface area (Å²) in [6, 6.07) is 8.63. The Labute approximate surface area is 144 Å². The molecule has 2 saturated heterocycles. The van der Waals surface area contributed by atoms with Crippen molar-refractivity contribution in [1.29, 1.82) is 0 Å². The molecule has 0 aliphatic carbocycles. The van der Waals surface area contributed by atoms with Crippen molar-refractivity contribution in [1.82, 2.24) is 10.6 Å². The molecule has 1 aromatic rings. The first-order valence-electron chi connectivity index (χ1n) is 8.43. The third-order valence-electron chi connectivity index (χ3n) is 4.71. The molecule has 1 aromatic carbocycles. The lowest BCUT2D eigenvalue weighted by Gasteiger charge is -2.33. The summed E-state index contributed by atoms with van der Waals surface area (Å²) in [5, 5.41) is 6.56. The van der Waals surface area contributed by atoms with Crippen LogP contribution in [0, 0.1) is 12.8 Å². The van der Waals surface area contributed by atoms with E-state index in [1.54, 1.807) is 0 Å². The second kappa shape index (κ2) is 8.67. The summed E-state index contributed by atoms with van der Waals surface area (Å²) >= 11 is 0. The van der Waals surface area contributed by atoms with Gasteiger partial charge in [0, 0.05) is 19.2 Å². The molecule has 0 radical (unpaired) electrons. The molecule has 0 aromatic heterocycles. The van der Waals surface area contributed by atoms with Crippen LogP contribution in [0.4, 0.5) is 0 Å². The van der Waals surface area contributed by atoms with E-state index in [1.807, 2.05) is 0 Å². The van der Waals surface area contributed by atoms with Crippen LogP contribution in [0.5, 0.6) is 0 Å². The van der Waals surface area contributed by atoms with Gasteiger partial charge < -0.3 is 15.4 Å². The number of halogens is 1. The number of amides is 1. The molecule has 0 bridgehead atoms. The zero-order valence-electron chi connectivity index (χ0n) is 13.7. The molecule has 2 fully saturated rings. The van der Waals surface area contributed by atoms with Crippen molar-refractivity contribution in [2.75, 3.05) is 19.7 Å². The van der Waals surface area contributed by atoms with E-state index in [4.69, 9.17) is 4.74 Å². The molecule has 23 heavy (non-hydrogen) atoms. The van der Waals surface area contributed by atoms with E-state index in [-0.39, 0.29) is 36.4 Å². The largest absolute Gasteiger partial charge is 0.373 e. The minimum atomic E-state index is -0.106. The van der Waals surface area contributed by atoms with E-state index in [2.05, 4.69) is 41.8 Å². The minimum Gasteiger partial charge on any atom is -0.373 e. The number of hydrogen-bond donors (Lipinski definition) is 2. The topological polar surface area (TPSA) is 50.4 Å². The van der Waals surface area contributed by atoms with Gasteiger partial charge in [0.25, 0.3) is 0 Å². The van der Waals surface area contributed by atoms with Gasteiger partial charge in [0.2, 0.25) is 5.91 Å². The van der Waals surface area contributed by atoms with Gasteiger partial charge in [-0.1, -0.05) is 29.8 Å². The Hall–Kier alpha value is -1.10. The Bertz CT molecular complexity index is 500. The average molecular weight is 339 g/mol. The van der Waals surface area contributed by atoms with E-state index < -0.39 is 0 Å². The minimum absolute atomic E-state index is 0. The Morgan fingerprint density at radius 1 is 1.22 bits per heavy atom. The highest BCUT2D eigenvalue weighted by molar-refractivity contribution is 5.85. The van der Waals surface area contributed by atoms with Crippen LogP contribution in [0.15, 0.2) is 24.3 Å². The quantitative estimate of drug-likeness (QED) is 0.891. The second-order valence-corrected chi connectivity index (χ2v) is 6.50. The summed E-state index contributed by atoms with van der Waals surface area (Å²) in [5.41, 5.74) is 2.35. The number of aryl methyl sites for hydroxylation is 1. The Morgan fingerprint density at radius 3 is 2.70 bits per heavy atom. The Kier molecular flexibility index (Phi) is 6.88. The van der Waals surface area contributed by atoms with Crippen LogP contribution < -0.4 is 10.6 Å². The van der Waals surface area contributed by atoms with Crippen molar-refractivity contribution in [3.63, 3.8) is 0 Å². The summed E-state index contributed by atoms with van der Waals surface area (Å²) in [6.45, 7) is 4.76. The highest BCUT2D eigenvalue weighted by Gasteiger charge is 2.34. The van der Waals surface area contributed by atoms with Crippen molar-refractivity contribution in [2.45, 2.75) is 44.8 Å². The molecule has 2 unspecified atom stereocenters. The smallest absolute Gasteiger partial charge is 0.226 e. The van der Waals surface area contributed by atoms with Crippen molar-refractivity contribution >= 4 is 18.3 Å². The number of ether oxygens (including phenoxy) is 1. The number of piperidine rings is 1. The molecule has 128 valence electrons.